The van der Waals surface area contributed by atoms with Gasteiger partial charge in [-0.25, -0.2) is 4.57 Å². The fraction of sp³-hybridized carbons (Fsp3) is 0.926. The van der Waals surface area contributed by atoms with Gasteiger partial charge in [0.1, 0.15) is 6.61 Å². The summed E-state index contributed by atoms with van der Waals surface area (Å²) >= 11 is 0. The average Bonchev–Trinajstić information content (AvgIpc) is 2.87. The Bertz CT molecular complexity index is 605. The van der Waals surface area contributed by atoms with Crippen LogP contribution in [0.1, 0.15) is 129 Å². The van der Waals surface area contributed by atoms with Crippen molar-refractivity contribution in [1.82, 2.24) is 0 Å². The molecule has 220 valence electrons. The summed E-state index contributed by atoms with van der Waals surface area (Å²) in [5.74, 6) is -0.838. The SMILES string of the molecule is CCCCCCCCCCCC(=O)OC[C@H](COP(=O)(O)OCCN)OC(=O)CCCCCCCCC. The molecular weight excluding hydrogens is 497 g/mol. The lowest BCUT2D eigenvalue weighted by Crippen LogP contribution is -2.29. The first-order valence-electron chi connectivity index (χ1n) is 14.5. The van der Waals surface area contributed by atoms with Crippen LogP contribution in [-0.2, 0) is 32.7 Å². The molecular formula is C27H54NO8P. The van der Waals surface area contributed by atoms with Gasteiger partial charge in [-0.3, -0.25) is 18.6 Å². The van der Waals surface area contributed by atoms with Crippen LogP contribution in [0.15, 0.2) is 0 Å². The molecule has 10 heteroatoms. The Labute approximate surface area is 225 Å². The maximum absolute atomic E-state index is 12.3. The summed E-state index contributed by atoms with van der Waals surface area (Å²) in [4.78, 5) is 34.2. The number of ether oxygens (including phenoxy) is 2. The lowest BCUT2D eigenvalue weighted by atomic mass is 10.1. The van der Waals surface area contributed by atoms with Crippen LogP contribution in [0, 0.1) is 0 Å². The van der Waals surface area contributed by atoms with E-state index in [0.29, 0.717) is 6.42 Å². The van der Waals surface area contributed by atoms with Gasteiger partial charge >= 0.3 is 19.8 Å². The predicted molar refractivity (Wildman–Crippen MR) is 146 cm³/mol. The first kappa shape index (κ1) is 36.0. The number of hydrogen-bond acceptors (Lipinski definition) is 8. The number of carbonyl (C=O) groups excluding carboxylic acids is 2. The predicted octanol–water partition coefficient (Wildman–Crippen LogP) is 6.60. The van der Waals surface area contributed by atoms with Gasteiger partial charge in [0.05, 0.1) is 13.2 Å². The van der Waals surface area contributed by atoms with Gasteiger partial charge in [-0.05, 0) is 12.8 Å². The molecule has 2 atom stereocenters. The number of unbranched alkanes of at least 4 members (excludes halogenated alkanes) is 14. The average molecular weight is 552 g/mol. The third-order valence-electron chi connectivity index (χ3n) is 5.99. The number of hydrogen-bond donors (Lipinski definition) is 2. The van der Waals surface area contributed by atoms with Crippen LogP contribution in [-0.4, -0.2) is 49.3 Å². The summed E-state index contributed by atoms with van der Waals surface area (Å²) in [6, 6.07) is 0. The zero-order chi connectivity index (χ0) is 27.6. The number of carbonyl (C=O) groups is 2. The summed E-state index contributed by atoms with van der Waals surface area (Å²) in [6.45, 7) is 3.62. The van der Waals surface area contributed by atoms with Crippen LogP contribution >= 0.6 is 7.82 Å². The maximum Gasteiger partial charge on any atom is 0.472 e. The molecule has 9 nitrogen and oxygen atoms in total. The quantitative estimate of drug-likeness (QED) is 0.0658. The molecule has 0 bridgehead atoms. The Morgan fingerprint density at radius 2 is 1.16 bits per heavy atom. The molecule has 0 heterocycles. The highest BCUT2D eigenvalue weighted by Crippen LogP contribution is 2.43. The molecule has 0 aromatic heterocycles. The van der Waals surface area contributed by atoms with Crippen molar-refractivity contribution in [2.24, 2.45) is 5.73 Å². The van der Waals surface area contributed by atoms with Crippen molar-refractivity contribution < 1.29 is 37.6 Å². The van der Waals surface area contributed by atoms with Crippen molar-refractivity contribution in [2.75, 3.05) is 26.4 Å². The van der Waals surface area contributed by atoms with Crippen LogP contribution in [0.4, 0.5) is 0 Å². The van der Waals surface area contributed by atoms with E-state index in [0.717, 1.165) is 38.5 Å². The molecule has 1 unspecified atom stereocenters. The van der Waals surface area contributed by atoms with E-state index >= 15 is 0 Å². The molecule has 0 aliphatic rings. The second-order valence-corrected chi connectivity index (χ2v) is 11.1. The first-order valence-corrected chi connectivity index (χ1v) is 16.0. The molecule has 0 saturated carbocycles. The molecule has 0 fully saturated rings. The standard InChI is InChI=1S/C27H54NO8P/c1-3-5-7-9-11-12-14-15-17-19-26(29)33-23-25(24-35-37(31,32)34-22-21-28)36-27(30)20-18-16-13-10-8-6-4-2/h25H,3-24,28H2,1-2H3,(H,31,32)/t25-/m1/s1. The zero-order valence-corrected chi connectivity index (χ0v) is 24.4. The summed E-state index contributed by atoms with van der Waals surface area (Å²) in [6.07, 6.45) is 17.3. The Kier molecular flexibility index (Phi) is 24.6. The van der Waals surface area contributed by atoms with Gasteiger partial charge in [-0.15, -0.1) is 0 Å². The maximum atomic E-state index is 12.3. The Balaban J connectivity index is 4.35. The van der Waals surface area contributed by atoms with E-state index in [-0.39, 0.29) is 38.6 Å². The van der Waals surface area contributed by atoms with E-state index in [1.54, 1.807) is 0 Å². The topological polar surface area (TPSA) is 134 Å². The third-order valence-corrected chi connectivity index (χ3v) is 6.98. The van der Waals surface area contributed by atoms with Crippen molar-refractivity contribution >= 4 is 19.8 Å². The van der Waals surface area contributed by atoms with E-state index in [1.807, 2.05) is 0 Å². The largest absolute Gasteiger partial charge is 0.472 e. The van der Waals surface area contributed by atoms with Gasteiger partial charge in [0, 0.05) is 19.4 Å². The van der Waals surface area contributed by atoms with Crippen LogP contribution in [0.2, 0.25) is 0 Å². The Morgan fingerprint density at radius 3 is 1.65 bits per heavy atom. The van der Waals surface area contributed by atoms with Gasteiger partial charge in [0.15, 0.2) is 6.10 Å². The molecule has 0 radical (unpaired) electrons. The van der Waals surface area contributed by atoms with Crippen molar-refractivity contribution in [3.8, 4) is 0 Å². The van der Waals surface area contributed by atoms with Gasteiger partial charge in [-0.1, -0.05) is 104 Å². The zero-order valence-electron chi connectivity index (χ0n) is 23.5. The molecule has 37 heavy (non-hydrogen) atoms. The van der Waals surface area contributed by atoms with Crippen molar-refractivity contribution in [2.45, 2.75) is 136 Å². The Morgan fingerprint density at radius 1 is 0.703 bits per heavy atom. The van der Waals surface area contributed by atoms with Crippen LogP contribution in [0.3, 0.4) is 0 Å². The molecule has 0 aromatic carbocycles. The molecule has 0 aliphatic carbocycles. The van der Waals surface area contributed by atoms with Crippen LogP contribution < -0.4 is 5.73 Å². The summed E-state index contributed by atoms with van der Waals surface area (Å²) in [5.41, 5.74) is 5.28. The number of phosphoric ester groups is 1. The van der Waals surface area contributed by atoms with E-state index in [9.17, 15) is 19.0 Å². The highest BCUT2D eigenvalue weighted by molar-refractivity contribution is 7.47. The monoisotopic (exact) mass is 551 g/mol. The highest BCUT2D eigenvalue weighted by atomic mass is 31.2. The minimum absolute atomic E-state index is 0.0568. The number of esters is 2. The molecule has 0 aliphatic heterocycles. The number of nitrogens with two attached hydrogens (primary N) is 1. The normalized spacial score (nSPS) is 13.7. The molecule has 0 saturated heterocycles. The first-order chi connectivity index (χ1) is 17.8. The van der Waals surface area contributed by atoms with E-state index < -0.39 is 26.5 Å². The molecule has 0 aromatic rings. The van der Waals surface area contributed by atoms with E-state index in [4.69, 9.17) is 24.3 Å². The molecule has 0 rings (SSSR count). The number of rotatable bonds is 27. The lowest BCUT2D eigenvalue weighted by molar-refractivity contribution is -0.161. The number of phosphoric acid groups is 1. The van der Waals surface area contributed by atoms with Crippen molar-refractivity contribution in [3.05, 3.63) is 0 Å². The second kappa shape index (κ2) is 25.3. The summed E-state index contributed by atoms with van der Waals surface area (Å²) < 4.78 is 32.2. The van der Waals surface area contributed by atoms with Crippen LogP contribution in [0.25, 0.3) is 0 Å². The van der Waals surface area contributed by atoms with E-state index in [1.165, 1.54) is 57.8 Å². The smallest absolute Gasteiger partial charge is 0.462 e. The second-order valence-electron chi connectivity index (χ2n) is 9.63. The van der Waals surface area contributed by atoms with Gasteiger partial charge in [0.2, 0.25) is 0 Å². The van der Waals surface area contributed by atoms with E-state index in [2.05, 4.69) is 13.8 Å². The fourth-order valence-electron chi connectivity index (χ4n) is 3.81. The fourth-order valence-corrected chi connectivity index (χ4v) is 4.57. The molecule has 0 spiro atoms. The third kappa shape index (κ3) is 25.1. The van der Waals surface area contributed by atoms with Crippen LogP contribution in [0.5, 0.6) is 0 Å². The summed E-state index contributed by atoms with van der Waals surface area (Å²) in [5, 5.41) is 0. The van der Waals surface area contributed by atoms with Gasteiger partial charge in [-0.2, -0.15) is 0 Å². The van der Waals surface area contributed by atoms with Gasteiger partial charge < -0.3 is 20.1 Å². The van der Waals surface area contributed by atoms with Crippen molar-refractivity contribution in [1.29, 1.82) is 0 Å². The Hall–Kier alpha value is -0.990. The molecule has 0 amide bonds. The van der Waals surface area contributed by atoms with Gasteiger partial charge in [0.25, 0.3) is 0 Å². The summed E-state index contributed by atoms with van der Waals surface area (Å²) in [7, 11) is -4.34. The lowest BCUT2D eigenvalue weighted by Gasteiger charge is -2.19. The van der Waals surface area contributed by atoms with Crippen molar-refractivity contribution in [3.63, 3.8) is 0 Å². The highest BCUT2D eigenvalue weighted by Gasteiger charge is 2.25. The minimum Gasteiger partial charge on any atom is -0.462 e. The molecule has 3 N–H and O–H groups in total. The minimum atomic E-state index is -4.34.